The van der Waals surface area contributed by atoms with Crippen molar-refractivity contribution < 1.29 is 4.42 Å². The summed E-state index contributed by atoms with van der Waals surface area (Å²) in [7, 11) is 0. The lowest BCUT2D eigenvalue weighted by Gasteiger charge is -2.38. The van der Waals surface area contributed by atoms with E-state index in [1.807, 2.05) is 29.6 Å². The topological polar surface area (TPSA) is 19.6 Å². The lowest BCUT2D eigenvalue weighted by atomic mass is 9.89. The number of furan rings is 1. The molecule has 68 heavy (non-hydrogen) atoms. The number of anilines is 4. The van der Waals surface area contributed by atoms with Crippen LogP contribution in [-0.4, -0.2) is 12.1 Å². The fourth-order valence-corrected chi connectivity index (χ4v) is 13.7. The van der Waals surface area contributed by atoms with E-state index in [2.05, 4.69) is 175 Å². The molecule has 0 saturated heterocycles. The normalized spacial score (nSPS) is 15.4. The van der Waals surface area contributed by atoms with Crippen molar-refractivity contribution in [3.63, 3.8) is 0 Å². The fourth-order valence-electron chi connectivity index (χ4n) is 12.4. The number of allylic oxidation sites excluding steroid dienone is 4. The van der Waals surface area contributed by atoms with Crippen molar-refractivity contribution in [2.24, 2.45) is 0 Å². The Morgan fingerprint density at radius 3 is 1.65 bits per heavy atom. The average molecular weight is 899 g/mol. The van der Waals surface area contributed by atoms with Gasteiger partial charge in [0.15, 0.2) is 5.58 Å². The third-order valence-corrected chi connectivity index (χ3v) is 16.7. The Morgan fingerprint density at radius 1 is 0.471 bits per heavy atom. The molecule has 2 aliphatic rings. The zero-order chi connectivity index (χ0) is 45.3. The molecule has 2 aliphatic carbocycles. The van der Waals surface area contributed by atoms with Crippen LogP contribution in [0.15, 0.2) is 187 Å². The van der Waals surface area contributed by atoms with Crippen LogP contribution in [0.1, 0.15) is 69.8 Å². The standard InChI is InChI=1S/C64H54N2OS/c1-3-18-41(4-2)47-25-14-27-49-50-28-16-31-57(62(50)67-61(47)49)65(45-21-10-6-11-22-45)55-39-35-43-34-38-54-56(40-36-44-33-37-53(55)59(43)60(44)54)66(46-23-12-7-13-24-46)58-32-17-30-52-51-29-15-26-48(63(51)68-64(52)58)42-19-8-5-9-20-42/h3-5,8-9,14-20,25-40,45-46H,1-2,6-7,10-13,21-24H2/b41-18+. The monoisotopic (exact) mass is 898 g/mol. The van der Waals surface area contributed by atoms with E-state index in [9.17, 15) is 0 Å². The highest BCUT2D eigenvalue weighted by Crippen LogP contribution is 2.51. The molecule has 0 N–H and O–H groups in total. The van der Waals surface area contributed by atoms with Gasteiger partial charge in [0.2, 0.25) is 0 Å². The number of nitrogens with zero attached hydrogens (tertiary/aromatic N) is 2. The van der Waals surface area contributed by atoms with E-state index in [-0.39, 0.29) is 0 Å². The average Bonchev–Trinajstić information content (AvgIpc) is 3.99. The third-order valence-electron chi connectivity index (χ3n) is 15.5. The zero-order valence-electron chi connectivity index (χ0n) is 38.5. The molecule has 2 saturated carbocycles. The molecule has 0 radical (unpaired) electrons. The largest absolute Gasteiger partial charge is 0.453 e. The van der Waals surface area contributed by atoms with Gasteiger partial charge in [0.1, 0.15) is 5.58 Å². The SMILES string of the molecule is C=C/C=C(\C=C)c1cccc2c1oc1c(N(c3ccc4ccc5c(N(c6cccc7c6sc6c(-c8ccccc8)cccc67)C6CCCCC6)ccc6ccc3c4c65)C3CCCCC3)cccc12. The lowest BCUT2D eigenvalue weighted by Crippen LogP contribution is -2.33. The van der Waals surface area contributed by atoms with Crippen molar-refractivity contribution in [2.75, 3.05) is 9.80 Å². The maximum Gasteiger partial charge on any atom is 0.159 e. The molecular weight excluding hydrogens is 845 g/mol. The molecule has 4 heteroatoms. The summed E-state index contributed by atoms with van der Waals surface area (Å²) < 4.78 is 9.85. The molecule has 0 aliphatic heterocycles. The van der Waals surface area contributed by atoms with Gasteiger partial charge in [0.25, 0.3) is 0 Å². The predicted molar refractivity (Wildman–Crippen MR) is 295 cm³/mol. The molecule has 332 valence electrons. The minimum atomic E-state index is 0.339. The Balaban J connectivity index is 1.02. The Hall–Kier alpha value is -7.14. The molecular formula is C64H54N2OS. The van der Waals surface area contributed by atoms with Crippen molar-refractivity contribution in [3.05, 3.63) is 189 Å². The number of rotatable bonds is 10. The van der Waals surface area contributed by atoms with E-state index < -0.39 is 0 Å². The van der Waals surface area contributed by atoms with Gasteiger partial charge in [-0.2, -0.15) is 0 Å². The quantitative estimate of drug-likeness (QED) is 0.101. The van der Waals surface area contributed by atoms with Gasteiger partial charge in [-0.05, 0) is 88.2 Å². The summed E-state index contributed by atoms with van der Waals surface area (Å²) >= 11 is 1.97. The maximum absolute atomic E-state index is 7.11. The van der Waals surface area contributed by atoms with Gasteiger partial charge >= 0.3 is 0 Å². The molecule has 9 aromatic carbocycles. The molecule has 3 nitrogen and oxygen atoms in total. The molecule has 0 amide bonds. The molecule has 2 fully saturated rings. The van der Waals surface area contributed by atoms with E-state index in [0.717, 1.165) is 51.6 Å². The first kappa shape index (κ1) is 41.1. The lowest BCUT2D eigenvalue weighted by molar-refractivity contribution is 0.436. The number of para-hydroxylation sites is 2. The van der Waals surface area contributed by atoms with Crippen LogP contribution in [0.2, 0.25) is 0 Å². The number of thiophene rings is 1. The van der Waals surface area contributed by atoms with Crippen molar-refractivity contribution in [3.8, 4) is 11.1 Å². The molecule has 2 aromatic heterocycles. The number of hydrogen-bond acceptors (Lipinski definition) is 4. The van der Waals surface area contributed by atoms with Crippen molar-refractivity contribution in [1.82, 2.24) is 0 Å². The van der Waals surface area contributed by atoms with Gasteiger partial charge in [-0.25, -0.2) is 0 Å². The van der Waals surface area contributed by atoms with E-state index in [1.54, 1.807) is 0 Å². The second-order valence-electron chi connectivity index (χ2n) is 19.2. The minimum absolute atomic E-state index is 0.339. The number of hydrogen-bond donors (Lipinski definition) is 0. The predicted octanol–water partition coefficient (Wildman–Crippen LogP) is 19.2. The highest BCUT2D eigenvalue weighted by molar-refractivity contribution is 7.27. The van der Waals surface area contributed by atoms with E-state index in [1.165, 1.54) is 132 Å². The Labute approximate surface area is 402 Å². The fraction of sp³-hybridized carbons (Fsp3) is 0.188. The first-order valence-electron chi connectivity index (χ1n) is 24.9. The van der Waals surface area contributed by atoms with Gasteiger partial charge in [-0.1, -0.05) is 197 Å². The van der Waals surface area contributed by atoms with Gasteiger partial charge < -0.3 is 14.2 Å². The molecule has 13 rings (SSSR count). The summed E-state index contributed by atoms with van der Waals surface area (Å²) in [5, 5.41) is 12.8. The van der Waals surface area contributed by atoms with E-state index in [4.69, 9.17) is 4.42 Å². The Kier molecular flexibility index (Phi) is 10.2. The van der Waals surface area contributed by atoms with Crippen LogP contribution < -0.4 is 9.80 Å². The first-order valence-corrected chi connectivity index (χ1v) is 25.7. The summed E-state index contributed by atoms with van der Waals surface area (Å²) in [6.07, 6.45) is 18.0. The third kappa shape index (κ3) is 6.52. The van der Waals surface area contributed by atoms with Crippen LogP contribution in [0, 0.1) is 0 Å². The molecule has 11 aromatic rings. The molecule has 0 atom stereocenters. The summed E-state index contributed by atoms with van der Waals surface area (Å²) in [5.41, 5.74) is 11.5. The van der Waals surface area contributed by atoms with Crippen LogP contribution in [0.5, 0.6) is 0 Å². The number of fused-ring (bicyclic) bond motifs is 6. The summed E-state index contributed by atoms with van der Waals surface area (Å²) in [6, 6.07) is 58.0. The molecule has 0 spiro atoms. The van der Waals surface area contributed by atoms with Gasteiger partial charge in [-0.15, -0.1) is 11.3 Å². The van der Waals surface area contributed by atoms with Crippen LogP contribution in [0.25, 0.3) is 91.1 Å². The zero-order valence-corrected chi connectivity index (χ0v) is 39.3. The van der Waals surface area contributed by atoms with Gasteiger partial charge in [0.05, 0.1) is 16.1 Å². The smallest absolute Gasteiger partial charge is 0.159 e. The summed E-state index contributed by atoms with van der Waals surface area (Å²) in [4.78, 5) is 5.45. The van der Waals surface area contributed by atoms with Crippen molar-refractivity contribution in [1.29, 1.82) is 0 Å². The van der Waals surface area contributed by atoms with Crippen molar-refractivity contribution in [2.45, 2.75) is 76.3 Å². The van der Waals surface area contributed by atoms with Gasteiger partial charge in [-0.3, -0.25) is 0 Å². The van der Waals surface area contributed by atoms with Crippen molar-refractivity contribution >= 4 is 114 Å². The first-order chi connectivity index (χ1) is 33.7. The minimum Gasteiger partial charge on any atom is -0.453 e. The van der Waals surface area contributed by atoms with Crippen LogP contribution >= 0.6 is 11.3 Å². The Bertz CT molecular complexity index is 3770. The molecule has 2 heterocycles. The van der Waals surface area contributed by atoms with Crippen LogP contribution in [0.4, 0.5) is 22.7 Å². The summed E-state index contributed by atoms with van der Waals surface area (Å²) in [5.74, 6) is 0. The summed E-state index contributed by atoms with van der Waals surface area (Å²) in [6.45, 7) is 8.13. The van der Waals surface area contributed by atoms with E-state index in [0.29, 0.717) is 12.1 Å². The number of benzene rings is 9. The highest BCUT2D eigenvalue weighted by atomic mass is 32.1. The molecule has 0 unspecified atom stereocenters. The molecule has 0 bridgehead atoms. The Morgan fingerprint density at radius 2 is 1.01 bits per heavy atom. The van der Waals surface area contributed by atoms with Gasteiger partial charge in [0, 0.05) is 66.0 Å². The highest BCUT2D eigenvalue weighted by Gasteiger charge is 2.31. The second kappa shape index (κ2) is 16.9. The maximum atomic E-state index is 7.11. The van der Waals surface area contributed by atoms with Crippen LogP contribution in [0.3, 0.4) is 0 Å². The second-order valence-corrected chi connectivity index (χ2v) is 20.2. The van der Waals surface area contributed by atoms with E-state index >= 15 is 0 Å². The van der Waals surface area contributed by atoms with Crippen LogP contribution in [-0.2, 0) is 0 Å².